The molecule has 1 aromatic carbocycles. The largest absolute Gasteiger partial charge is 0.406 e. The van der Waals surface area contributed by atoms with Gasteiger partial charge in [0.25, 0.3) is 5.91 Å². The van der Waals surface area contributed by atoms with Crippen LogP contribution in [0.3, 0.4) is 0 Å². The molecule has 4 nitrogen and oxygen atoms in total. The Bertz CT molecular complexity index is 504. The molecule has 0 unspecified atom stereocenters. The Hall–Kier alpha value is -1.90. The van der Waals surface area contributed by atoms with Gasteiger partial charge < -0.3 is 15.7 Å². The minimum Gasteiger partial charge on any atom is -0.398 e. The number of alkyl halides is 3. The number of hydrogen-bond donors (Lipinski definition) is 2. The van der Waals surface area contributed by atoms with E-state index in [0.717, 1.165) is 0 Å². The number of nitrogens with two attached hydrogens (primary N) is 1. The smallest absolute Gasteiger partial charge is 0.398 e. The average Bonchev–Trinajstić information content (AvgIpc) is 2.31. The monoisotopic (exact) mass is 298 g/mol. The molecule has 0 aromatic heterocycles. The van der Waals surface area contributed by atoms with E-state index in [1.54, 1.807) is 0 Å². The number of nitrogens with zero attached hydrogens (tertiary/aromatic N) is 1. The average molecular weight is 298 g/mol. The molecule has 0 radical (unpaired) electrons. The first-order valence-corrected chi connectivity index (χ1v) is 5.37. The second kappa shape index (κ2) is 6.04. The minimum absolute atomic E-state index is 0.253. The molecule has 1 amide bonds. The van der Waals surface area contributed by atoms with E-state index in [9.17, 15) is 26.7 Å². The van der Waals surface area contributed by atoms with Gasteiger partial charge in [-0.1, -0.05) is 0 Å². The van der Waals surface area contributed by atoms with Gasteiger partial charge in [0.2, 0.25) is 0 Å². The summed E-state index contributed by atoms with van der Waals surface area (Å²) in [6, 6.07) is 0.932. The fourth-order valence-electron chi connectivity index (χ4n) is 1.51. The number of benzene rings is 1. The number of carbonyl (C=O) groups excluding carboxylic acids is 1. The van der Waals surface area contributed by atoms with Crippen LogP contribution < -0.4 is 5.73 Å². The molecular weight excluding hydrogens is 287 g/mol. The van der Waals surface area contributed by atoms with E-state index in [4.69, 9.17) is 10.8 Å². The van der Waals surface area contributed by atoms with Gasteiger partial charge in [0.05, 0.1) is 12.2 Å². The molecule has 1 aromatic rings. The number of halogens is 5. The number of nitrogen functional groups attached to an aromatic ring is 1. The SMILES string of the molecule is Nc1cc(F)c(F)cc1C(=O)N(CCO)CC(F)(F)F. The van der Waals surface area contributed by atoms with Crippen molar-refractivity contribution in [1.29, 1.82) is 0 Å². The highest BCUT2D eigenvalue weighted by Crippen LogP contribution is 2.22. The van der Waals surface area contributed by atoms with Crippen molar-refractivity contribution in [1.82, 2.24) is 4.90 Å². The van der Waals surface area contributed by atoms with Gasteiger partial charge in [-0.05, 0) is 6.07 Å². The molecule has 0 atom stereocenters. The van der Waals surface area contributed by atoms with Crippen molar-refractivity contribution in [2.45, 2.75) is 6.18 Å². The zero-order valence-electron chi connectivity index (χ0n) is 10.0. The molecule has 3 N–H and O–H groups in total. The predicted octanol–water partition coefficient (Wildman–Crippen LogP) is 1.54. The van der Waals surface area contributed by atoms with Gasteiger partial charge in [-0.25, -0.2) is 8.78 Å². The Morgan fingerprint density at radius 2 is 1.80 bits per heavy atom. The zero-order chi connectivity index (χ0) is 15.5. The topological polar surface area (TPSA) is 66.6 Å². The van der Waals surface area contributed by atoms with Gasteiger partial charge in [-0.2, -0.15) is 13.2 Å². The second-order valence-electron chi connectivity index (χ2n) is 3.92. The molecule has 0 aliphatic rings. The number of carbonyl (C=O) groups is 1. The molecular formula is C11H11F5N2O2. The first-order valence-electron chi connectivity index (χ1n) is 5.37. The number of hydrogen-bond acceptors (Lipinski definition) is 3. The number of rotatable bonds is 4. The first-order chi connectivity index (χ1) is 9.15. The number of aliphatic hydroxyl groups is 1. The third-order valence-corrected chi connectivity index (χ3v) is 2.35. The fourth-order valence-corrected chi connectivity index (χ4v) is 1.51. The van der Waals surface area contributed by atoms with Crippen molar-refractivity contribution < 1.29 is 31.9 Å². The normalized spacial score (nSPS) is 11.5. The van der Waals surface area contributed by atoms with Gasteiger partial charge >= 0.3 is 6.18 Å². The molecule has 0 aliphatic heterocycles. The summed E-state index contributed by atoms with van der Waals surface area (Å²) in [5.41, 5.74) is 4.21. The molecule has 112 valence electrons. The third kappa shape index (κ3) is 4.05. The molecule has 0 heterocycles. The van der Waals surface area contributed by atoms with Crippen LogP contribution in [0.2, 0.25) is 0 Å². The van der Waals surface area contributed by atoms with Crippen LogP contribution in [-0.2, 0) is 0 Å². The van der Waals surface area contributed by atoms with Crippen LogP contribution in [0.5, 0.6) is 0 Å². The van der Waals surface area contributed by atoms with Gasteiger partial charge in [0.15, 0.2) is 11.6 Å². The predicted molar refractivity (Wildman–Crippen MR) is 59.8 cm³/mol. The van der Waals surface area contributed by atoms with Gasteiger partial charge in [0.1, 0.15) is 6.54 Å². The van der Waals surface area contributed by atoms with E-state index >= 15 is 0 Å². The van der Waals surface area contributed by atoms with Crippen LogP contribution in [0.25, 0.3) is 0 Å². The van der Waals surface area contributed by atoms with E-state index < -0.39 is 54.7 Å². The van der Waals surface area contributed by atoms with Crippen molar-refractivity contribution in [2.75, 3.05) is 25.4 Å². The van der Waals surface area contributed by atoms with Crippen molar-refractivity contribution in [2.24, 2.45) is 0 Å². The summed E-state index contributed by atoms with van der Waals surface area (Å²) in [6.07, 6.45) is -4.70. The minimum atomic E-state index is -4.70. The quantitative estimate of drug-likeness (QED) is 0.654. The first kappa shape index (κ1) is 16.2. The maximum atomic E-state index is 13.0. The summed E-state index contributed by atoms with van der Waals surface area (Å²) >= 11 is 0. The van der Waals surface area contributed by atoms with Crippen LogP contribution in [0.4, 0.5) is 27.6 Å². The fraction of sp³-hybridized carbons (Fsp3) is 0.364. The van der Waals surface area contributed by atoms with Crippen LogP contribution in [-0.4, -0.2) is 41.8 Å². The highest BCUT2D eigenvalue weighted by molar-refractivity contribution is 5.99. The lowest BCUT2D eigenvalue weighted by molar-refractivity contribution is -0.141. The maximum absolute atomic E-state index is 13.0. The molecule has 9 heteroatoms. The highest BCUT2D eigenvalue weighted by Gasteiger charge is 2.33. The molecule has 0 spiro atoms. The summed E-state index contributed by atoms with van der Waals surface area (Å²) in [7, 11) is 0. The Balaban J connectivity index is 3.09. The second-order valence-corrected chi connectivity index (χ2v) is 3.92. The van der Waals surface area contributed by atoms with Gasteiger partial charge in [0, 0.05) is 18.3 Å². The summed E-state index contributed by atoms with van der Waals surface area (Å²) in [5.74, 6) is -3.96. The van der Waals surface area contributed by atoms with E-state index in [-0.39, 0.29) is 4.90 Å². The lowest BCUT2D eigenvalue weighted by Crippen LogP contribution is -2.41. The maximum Gasteiger partial charge on any atom is 0.406 e. The Kier molecular flexibility index (Phi) is 4.88. The molecule has 0 aliphatic carbocycles. The van der Waals surface area contributed by atoms with Crippen molar-refractivity contribution >= 4 is 11.6 Å². The van der Waals surface area contributed by atoms with Crippen LogP contribution in [0.1, 0.15) is 10.4 Å². The van der Waals surface area contributed by atoms with E-state index in [1.807, 2.05) is 0 Å². The summed E-state index contributed by atoms with van der Waals surface area (Å²) in [5, 5.41) is 8.67. The Morgan fingerprint density at radius 3 is 2.30 bits per heavy atom. The van der Waals surface area contributed by atoms with Crippen molar-refractivity contribution in [3.63, 3.8) is 0 Å². The van der Waals surface area contributed by atoms with E-state index in [0.29, 0.717) is 12.1 Å². The molecule has 0 bridgehead atoms. The lowest BCUT2D eigenvalue weighted by Gasteiger charge is -2.23. The third-order valence-electron chi connectivity index (χ3n) is 2.35. The van der Waals surface area contributed by atoms with E-state index in [2.05, 4.69) is 0 Å². The van der Waals surface area contributed by atoms with Crippen LogP contribution in [0, 0.1) is 11.6 Å². The van der Waals surface area contributed by atoms with Gasteiger partial charge in [-0.3, -0.25) is 4.79 Å². The standard InChI is InChI=1S/C11H11F5N2O2/c12-7-3-6(9(17)4-8(7)13)10(20)18(1-2-19)5-11(14,15)16/h3-4,19H,1-2,5,17H2. The Morgan fingerprint density at radius 1 is 1.25 bits per heavy atom. The van der Waals surface area contributed by atoms with Gasteiger partial charge in [-0.15, -0.1) is 0 Å². The van der Waals surface area contributed by atoms with Crippen molar-refractivity contribution in [3.8, 4) is 0 Å². The lowest BCUT2D eigenvalue weighted by atomic mass is 10.1. The van der Waals surface area contributed by atoms with Crippen LogP contribution in [0.15, 0.2) is 12.1 Å². The summed E-state index contributed by atoms with van der Waals surface area (Å²) in [4.78, 5) is 12.1. The number of anilines is 1. The Labute approximate surface area is 110 Å². The molecule has 0 saturated carbocycles. The van der Waals surface area contributed by atoms with Crippen LogP contribution >= 0.6 is 0 Å². The molecule has 1 rings (SSSR count). The molecule has 0 saturated heterocycles. The zero-order valence-corrected chi connectivity index (χ0v) is 10.0. The molecule has 20 heavy (non-hydrogen) atoms. The number of amides is 1. The summed E-state index contributed by atoms with van der Waals surface area (Å²) in [6.45, 7) is -2.97. The molecule has 0 fully saturated rings. The number of aliphatic hydroxyl groups excluding tert-OH is 1. The van der Waals surface area contributed by atoms with Crippen molar-refractivity contribution in [3.05, 3.63) is 29.3 Å². The highest BCUT2D eigenvalue weighted by atomic mass is 19.4. The van der Waals surface area contributed by atoms with E-state index in [1.165, 1.54) is 0 Å². The summed E-state index contributed by atoms with van der Waals surface area (Å²) < 4.78 is 62.8.